The molecule has 0 amide bonds. The molecular weight excluding hydrogens is 501 g/mol. The van der Waals surface area contributed by atoms with E-state index in [1.165, 1.54) is 25.3 Å². The molecule has 8 heteroatoms. The van der Waals surface area contributed by atoms with Crippen LogP contribution < -0.4 is 9.47 Å². The number of unbranched alkanes of at least 4 members (excludes halogenated alkanes) is 2. The summed E-state index contributed by atoms with van der Waals surface area (Å²) < 4.78 is 56.4. The van der Waals surface area contributed by atoms with E-state index in [4.69, 9.17) is 14.2 Å². The zero-order valence-electron chi connectivity index (χ0n) is 21.5. The second-order valence-electron chi connectivity index (χ2n) is 9.18. The number of ether oxygens (including phenoxy) is 3. The molecule has 1 unspecified atom stereocenters. The Morgan fingerprint density at radius 3 is 2.54 bits per heavy atom. The molecule has 0 aliphatic rings. The number of esters is 1. The fourth-order valence-electron chi connectivity index (χ4n) is 3.93. The van der Waals surface area contributed by atoms with Crippen molar-refractivity contribution in [3.8, 4) is 21.9 Å². The number of methoxy groups -OCH3 is 1. The van der Waals surface area contributed by atoms with Gasteiger partial charge >= 0.3 is 12.1 Å². The highest BCUT2D eigenvalue weighted by atomic mass is 32.1. The summed E-state index contributed by atoms with van der Waals surface area (Å²) in [6, 6.07) is 13.8. The first kappa shape index (κ1) is 28.6. The predicted molar refractivity (Wildman–Crippen MR) is 142 cm³/mol. The smallest absolute Gasteiger partial charge is 0.389 e. The molecular formula is C29H33F3O4S. The largest absolute Gasteiger partial charge is 0.496 e. The monoisotopic (exact) mass is 534 g/mol. The Labute approximate surface area is 220 Å². The van der Waals surface area contributed by atoms with Crippen molar-refractivity contribution in [2.45, 2.75) is 52.1 Å². The van der Waals surface area contributed by atoms with Gasteiger partial charge in [-0.25, -0.2) is 4.79 Å². The van der Waals surface area contributed by atoms with E-state index in [1.807, 2.05) is 12.1 Å². The summed E-state index contributed by atoms with van der Waals surface area (Å²) in [5.74, 6) is -0.476. The van der Waals surface area contributed by atoms with Crippen LogP contribution in [0.4, 0.5) is 13.2 Å². The molecule has 1 aromatic heterocycles. The lowest BCUT2D eigenvalue weighted by atomic mass is 10.0. The van der Waals surface area contributed by atoms with Crippen LogP contribution in [0.5, 0.6) is 11.5 Å². The molecule has 0 N–H and O–H groups in total. The van der Waals surface area contributed by atoms with E-state index >= 15 is 0 Å². The molecule has 1 atom stereocenters. The van der Waals surface area contributed by atoms with Gasteiger partial charge in [0.15, 0.2) is 0 Å². The van der Waals surface area contributed by atoms with Crippen LogP contribution in [0.1, 0.15) is 45.1 Å². The Balaban J connectivity index is 1.73. The lowest BCUT2D eigenvalue weighted by Crippen LogP contribution is -2.26. The molecule has 2 aromatic carbocycles. The summed E-state index contributed by atoms with van der Waals surface area (Å²) >= 11 is 1.56. The van der Waals surface area contributed by atoms with Gasteiger partial charge in [-0.15, -0.1) is 11.3 Å². The number of hydrogen-bond donors (Lipinski definition) is 0. The Bertz CT molecular complexity index is 1220. The maximum atomic E-state index is 13.0. The summed E-state index contributed by atoms with van der Waals surface area (Å²) in [4.78, 5) is 12.7. The van der Waals surface area contributed by atoms with Crippen molar-refractivity contribution in [3.05, 3.63) is 60.2 Å². The van der Waals surface area contributed by atoms with Gasteiger partial charge in [0.05, 0.1) is 26.7 Å². The van der Waals surface area contributed by atoms with Crippen molar-refractivity contribution in [3.63, 3.8) is 0 Å². The van der Waals surface area contributed by atoms with Crippen LogP contribution in [0.25, 0.3) is 20.5 Å². The van der Waals surface area contributed by atoms with E-state index in [9.17, 15) is 18.0 Å². The summed E-state index contributed by atoms with van der Waals surface area (Å²) in [7, 11) is 1.67. The molecule has 200 valence electrons. The lowest BCUT2D eigenvalue weighted by Gasteiger charge is -2.19. The molecule has 0 spiro atoms. The number of alkyl halides is 3. The lowest BCUT2D eigenvalue weighted by molar-refractivity contribution is -0.158. The summed E-state index contributed by atoms with van der Waals surface area (Å²) in [6.07, 6.45) is -0.989. The molecule has 3 aromatic rings. The standard InChI is InChI=1S/C29H33F3O4S/c1-5-6-7-8-20-9-12-24(25(13-20)34-4)27-14-22-10-11-23(15-26(22)37-27)35-17-21(16-29(30,31)32)18-36-28(33)19(2)3/h9-15,21H,2,5-8,16-18H2,1,3-4H3. The van der Waals surface area contributed by atoms with E-state index in [-0.39, 0.29) is 12.2 Å². The number of carbonyl (C=O) groups is 1. The molecule has 0 aliphatic carbocycles. The third-order valence-corrected chi connectivity index (χ3v) is 7.03. The Morgan fingerprint density at radius 1 is 1.08 bits per heavy atom. The second-order valence-corrected chi connectivity index (χ2v) is 10.3. The molecule has 0 fully saturated rings. The number of hydrogen-bond acceptors (Lipinski definition) is 5. The minimum atomic E-state index is -4.40. The quantitative estimate of drug-likeness (QED) is 0.126. The first-order valence-corrected chi connectivity index (χ1v) is 13.1. The van der Waals surface area contributed by atoms with Gasteiger partial charge in [0, 0.05) is 26.6 Å². The van der Waals surface area contributed by atoms with Crippen molar-refractivity contribution in [1.82, 2.24) is 0 Å². The Hall–Kier alpha value is -3.00. The minimum Gasteiger partial charge on any atom is -0.496 e. The van der Waals surface area contributed by atoms with Gasteiger partial charge in [-0.05, 0) is 67.1 Å². The summed E-state index contributed by atoms with van der Waals surface area (Å²) in [5.41, 5.74) is 2.37. The van der Waals surface area contributed by atoms with Crippen molar-refractivity contribution >= 4 is 27.4 Å². The number of halogens is 3. The maximum Gasteiger partial charge on any atom is 0.389 e. The SMILES string of the molecule is C=C(C)C(=O)OCC(COc1ccc2cc(-c3ccc(CCCCC)cc3OC)sc2c1)CC(F)(F)F. The number of fused-ring (bicyclic) bond motifs is 1. The zero-order valence-corrected chi connectivity index (χ0v) is 22.3. The molecule has 3 rings (SSSR count). The molecule has 1 heterocycles. The van der Waals surface area contributed by atoms with Crippen molar-refractivity contribution in [1.29, 1.82) is 0 Å². The number of aryl methyl sites for hydroxylation is 1. The summed E-state index contributed by atoms with van der Waals surface area (Å²) in [5, 5.41) is 1.00. The number of benzene rings is 2. The van der Waals surface area contributed by atoms with Crippen molar-refractivity contribution in [2.24, 2.45) is 5.92 Å². The van der Waals surface area contributed by atoms with Gasteiger partial charge in [-0.3, -0.25) is 0 Å². The fourth-order valence-corrected chi connectivity index (χ4v) is 5.05. The maximum absolute atomic E-state index is 13.0. The fraction of sp³-hybridized carbons (Fsp3) is 0.414. The van der Waals surface area contributed by atoms with Crippen LogP contribution in [0.3, 0.4) is 0 Å². The third kappa shape index (κ3) is 8.52. The van der Waals surface area contributed by atoms with E-state index in [2.05, 4.69) is 37.8 Å². The highest BCUT2D eigenvalue weighted by molar-refractivity contribution is 7.22. The number of rotatable bonds is 13. The van der Waals surface area contributed by atoms with E-state index < -0.39 is 31.1 Å². The first-order valence-electron chi connectivity index (χ1n) is 12.3. The average Bonchev–Trinajstić information content (AvgIpc) is 3.27. The topological polar surface area (TPSA) is 44.8 Å². The van der Waals surface area contributed by atoms with Crippen LogP contribution in [-0.2, 0) is 16.0 Å². The molecule has 37 heavy (non-hydrogen) atoms. The highest BCUT2D eigenvalue weighted by Gasteiger charge is 2.33. The van der Waals surface area contributed by atoms with Crippen LogP contribution >= 0.6 is 11.3 Å². The second kappa shape index (κ2) is 13.0. The zero-order chi connectivity index (χ0) is 27.0. The van der Waals surface area contributed by atoms with Gasteiger partial charge in [0.2, 0.25) is 0 Å². The molecule has 4 nitrogen and oxygen atoms in total. The van der Waals surface area contributed by atoms with Gasteiger partial charge in [0.1, 0.15) is 11.5 Å². The third-order valence-electron chi connectivity index (χ3n) is 5.90. The minimum absolute atomic E-state index is 0.133. The Kier molecular flexibility index (Phi) is 10.0. The number of carbonyl (C=O) groups excluding carboxylic acids is 1. The summed E-state index contributed by atoms with van der Waals surface area (Å²) in [6.45, 7) is 6.44. The molecule has 0 aliphatic heterocycles. The highest BCUT2D eigenvalue weighted by Crippen LogP contribution is 2.40. The van der Waals surface area contributed by atoms with Crippen LogP contribution in [0, 0.1) is 5.92 Å². The molecule has 0 radical (unpaired) electrons. The molecule has 0 bridgehead atoms. The van der Waals surface area contributed by atoms with Crippen LogP contribution in [0.15, 0.2) is 54.6 Å². The first-order chi connectivity index (χ1) is 17.6. The predicted octanol–water partition coefficient (Wildman–Crippen LogP) is 8.38. The normalized spacial score (nSPS) is 12.4. The van der Waals surface area contributed by atoms with E-state index in [1.54, 1.807) is 24.5 Å². The molecule has 0 saturated carbocycles. The van der Waals surface area contributed by atoms with Crippen molar-refractivity contribution < 1.29 is 32.2 Å². The van der Waals surface area contributed by atoms with E-state index in [0.29, 0.717) is 5.75 Å². The van der Waals surface area contributed by atoms with Crippen LogP contribution in [-0.4, -0.2) is 32.5 Å². The van der Waals surface area contributed by atoms with Gasteiger partial charge in [-0.1, -0.05) is 32.4 Å². The van der Waals surface area contributed by atoms with Gasteiger partial charge in [-0.2, -0.15) is 13.2 Å². The van der Waals surface area contributed by atoms with Crippen molar-refractivity contribution in [2.75, 3.05) is 20.3 Å². The van der Waals surface area contributed by atoms with Gasteiger partial charge in [0.25, 0.3) is 0 Å². The average molecular weight is 535 g/mol. The van der Waals surface area contributed by atoms with Crippen LogP contribution in [0.2, 0.25) is 0 Å². The number of thiophene rings is 1. The molecule has 0 saturated heterocycles. The van der Waals surface area contributed by atoms with E-state index in [0.717, 1.165) is 39.1 Å². The van der Waals surface area contributed by atoms with Gasteiger partial charge < -0.3 is 14.2 Å². The Morgan fingerprint density at radius 2 is 1.86 bits per heavy atom.